The zero-order valence-corrected chi connectivity index (χ0v) is 17.0. The van der Waals surface area contributed by atoms with Crippen LogP contribution in [-0.4, -0.2) is 32.7 Å². The van der Waals surface area contributed by atoms with Gasteiger partial charge in [0, 0.05) is 31.4 Å². The Kier molecular flexibility index (Phi) is 5.00. The van der Waals surface area contributed by atoms with Gasteiger partial charge in [0.1, 0.15) is 11.0 Å². The van der Waals surface area contributed by atoms with Crippen LogP contribution in [0.25, 0.3) is 0 Å². The van der Waals surface area contributed by atoms with E-state index in [4.69, 9.17) is 4.74 Å². The van der Waals surface area contributed by atoms with Crippen LogP contribution in [0.1, 0.15) is 60.7 Å². The number of esters is 1. The number of fused-ring (bicyclic) bond motifs is 1. The monoisotopic (exact) mass is 382 g/mol. The molecule has 1 heterocycles. The predicted octanol–water partition coefficient (Wildman–Crippen LogP) is 3.40. The number of hydrogen-bond acceptors (Lipinski definition) is 5. The number of carbonyl (C=O) groups excluding carboxylic acids is 3. The van der Waals surface area contributed by atoms with Gasteiger partial charge in [-0.25, -0.2) is 4.98 Å². The molecule has 148 valence electrons. The van der Waals surface area contributed by atoms with Crippen molar-refractivity contribution in [2.75, 3.05) is 0 Å². The zero-order valence-electron chi connectivity index (χ0n) is 17.0. The molecule has 3 rings (SSSR count). The molecule has 1 aliphatic carbocycles. The van der Waals surface area contributed by atoms with Gasteiger partial charge in [-0.1, -0.05) is 31.2 Å². The minimum absolute atomic E-state index is 0.0316. The molecule has 0 saturated carbocycles. The Morgan fingerprint density at radius 1 is 1.29 bits per heavy atom. The highest BCUT2D eigenvalue weighted by Gasteiger charge is 2.57. The van der Waals surface area contributed by atoms with Crippen LogP contribution in [0.2, 0.25) is 0 Å². The number of nitrogens with zero attached hydrogens (tertiary/aromatic N) is 2. The molecule has 1 aliphatic rings. The highest BCUT2D eigenvalue weighted by atomic mass is 16.6. The number of aryl methyl sites for hydroxylation is 1. The van der Waals surface area contributed by atoms with Crippen LogP contribution < -0.4 is 0 Å². The fourth-order valence-electron chi connectivity index (χ4n) is 3.83. The summed E-state index contributed by atoms with van der Waals surface area (Å²) in [7, 11) is 1.74. The SMILES string of the molecule is C[C@@H](CC(=O)c1nccn1C)[C@@]1(C(=O)OC(C)(C)C)Cc2ccccc2C1=O. The highest BCUT2D eigenvalue weighted by Crippen LogP contribution is 2.45. The van der Waals surface area contributed by atoms with Crippen molar-refractivity contribution in [1.29, 1.82) is 0 Å². The van der Waals surface area contributed by atoms with E-state index in [-0.39, 0.29) is 24.4 Å². The fourth-order valence-corrected chi connectivity index (χ4v) is 3.83. The van der Waals surface area contributed by atoms with E-state index in [1.807, 2.05) is 12.1 Å². The Morgan fingerprint density at radius 3 is 2.54 bits per heavy atom. The molecule has 6 nitrogen and oxygen atoms in total. The number of carbonyl (C=O) groups is 3. The lowest BCUT2D eigenvalue weighted by molar-refractivity contribution is -0.166. The molecule has 0 fully saturated rings. The summed E-state index contributed by atoms with van der Waals surface area (Å²) in [5.41, 5.74) is -0.792. The van der Waals surface area contributed by atoms with Gasteiger partial charge in [-0.3, -0.25) is 14.4 Å². The van der Waals surface area contributed by atoms with Crippen molar-refractivity contribution in [3.8, 4) is 0 Å². The molecular weight excluding hydrogens is 356 g/mol. The molecule has 0 unspecified atom stereocenters. The molecule has 0 radical (unpaired) electrons. The van der Waals surface area contributed by atoms with Gasteiger partial charge < -0.3 is 9.30 Å². The number of Topliss-reactive ketones (excluding diaryl/α,β-unsaturated/α-hetero) is 2. The first-order valence-corrected chi connectivity index (χ1v) is 9.43. The van der Waals surface area contributed by atoms with Gasteiger partial charge in [-0.05, 0) is 38.7 Å². The van der Waals surface area contributed by atoms with Gasteiger partial charge >= 0.3 is 5.97 Å². The van der Waals surface area contributed by atoms with E-state index in [2.05, 4.69) is 4.98 Å². The normalized spacial score (nSPS) is 20.0. The minimum Gasteiger partial charge on any atom is -0.459 e. The molecule has 0 N–H and O–H groups in total. The van der Waals surface area contributed by atoms with E-state index in [1.54, 1.807) is 63.8 Å². The molecule has 0 spiro atoms. The van der Waals surface area contributed by atoms with Crippen LogP contribution >= 0.6 is 0 Å². The summed E-state index contributed by atoms with van der Waals surface area (Å²) in [6.07, 6.45) is 3.52. The van der Waals surface area contributed by atoms with Crippen LogP contribution in [0.4, 0.5) is 0 Å². The van der Waals surface area contributed by atoms with Crippen LogP contribution in [0.15, 0.2) is 36.7 Å². The van der Waals surface area contributed by atoms with Crippen LogP contribution in [0.3, 0.4) is 0 Å². The quantitative estimate of drug-likeness (QED) is 0.450. The number of ketones is 2. The average Bonchev–Trinajstić information content (AvgIpc) is 3.16. The third kappa shape index (κ3) is 3.39. The van der Waals surface area contributed by atoms with Crippen molar-refractivity contribution < 1.29 is 19.1 Å². The van der Waals surface area contributed by atoms with E-state index in [9.17, 15) is 14.4 Å². The Bertz CT molecular complexity index is 938. The van der Waals surface area contributed by atoms with E-state index >= 15 is 0 Å². The van der Waals surface area contributed by atoms with Crippen molar-refractivity contribution in [3.63, 3.8) is 0 Å². The molecule has 0 aliphatic heterocycles. The number of imidazole rings is 1. The van der Waals surface area contributed by atoms with Gasteiger partial charge in [-0.15, -0.1) is 0 Å². The first-order valence-electron chi connectivity index (χ1n) is 9.43. The molecule has 6 heteroatoms. The summed E-state index contributed by atoms with van der Waals surface area (Å²) in [6, 6.07) is 7.22. The van der Waals surface area contributed by atoms with Crippen molar-refractivity contribution in [1.82, 2.24) is 9.55 Å². The van der Waals surface area contributed by atoms with Crippen molar-refractivity contribution in [2.24, 2.45) is 18.4 Å². The lowest BCUT2D eigenvalue weighted by Gasteiger charge is -2.34. The average molecular weight is 382 g/mol. The second-order valence-electron chi connectivity index (χ2n) is 8.53. The maximum Gasteiger partial charge on any atom is 0.321 e. The minimum atomic E-state index is -1.40. The lowest BCUT2D eigenvalue weighted by Crippen LogP contribution is -2.47. The van der Waals surface area contributed by atoms with Gasteiger partial charge in [-0.2, -0.15) is 0 Å². The summed E-state index contributed by atoms with van der Waals surface area (Å²) in [6.45, 7) is 7.09. The van der Waals surface area contributed by atoms with E-state index in [1.165, 1.54) is 0 Å². The first-order chi connectivity index (χ1) is 13.1. The molecule has 0 saturated heterocycles. The van der Waals surface area contributed by atoms with E-state index < -0.39 is 22.9 Å². The molecule has 1 aromatic heterocycles. The standard InChI is InChI=1S/C22H26N2O4/c1-14(12-17(25)19-23-10-11-24(19)5)22(20(27)28-21(2,3)4)13-15-8-6-7-9-16(15)18(22)26/h6-11,14H,12-13H2,1-5H3/t14-,22-/m0/s1. The van der Waals surface area contributed by atoms with Gasteiger partial charge in [0.05, 0.1) is 0 Å². The fraction of sp³-hybridized carbons (Fsp3) is 0.455. The van der Waals surface area contributed by atoms with E-state index in [0.717, 1.165) is 5.56 Å². The topological polar surface area (TPSA) is 78.3 Å². The molecule has 0 bridgehead atoms. The number of aromatic nitrogens is 2. The third-order valence-electron chi connectivity index (χ3n) is 5.30. The number of benzene rings is 1. The van der Waals surface area contributed by atoms with Crippen molar-refractivity contribution in [3.05, 3.63) is 53.6 Å². The number of rotatable bonds is 5. The molecule has 2 atom stereocenters. The summed E-state index contributed by atoms with van der Waals surface area (Å²) in [5.74, 6) is -1.26. The molecule has 0 amide bonds. The van der Waals surface area contributed by atoms with Crippen molar-refractivity contribution in [2.45, 2.75) is 46.1 Å². The zero-order chi connectivity index (χ0) is 20.7. The summed E-state index contributed by atoms with van der Waals surface area (Å²) >= 11 is 0. The maximum absolute atomic E-state index is 13.4. The second kappa shape index (κ2) is 7.00. The third-order valence-corrected chi connectivity index (χ3v) is 5.30. The Hall–Kier alpha value is -2.76. The van der Waals surface area contributed by atoms with Gasteiger partial charge in [0.25, 0.3) is 0 Å². The molecular formula is C22H26N2O4. The molecule has 2 aromatic rings. The Labute approximate surface area is 164 Å². The predicted molar refractivity (Wildman–Crippen MR) is 104 cm³/mol. The smallest absolute Gasteiger partial charge is 0.321 e. The second-order valence-corrected chi connectivity index (χ2v) is 8.53. The molecule has 28 heavy (non-hydrogen) atoms. The van der Waals surface area contributed by atoms with Gasteiger partial charge in [0.15, 0.2) is 17.4 Å². The van der Waals surface area contributed by atoms with Crippen LogP contribution in [0.5, 0.6) is 0 Å². The number of ether oxygens (including phenoxy) is 1. The summed E-state index contributed by atoms with van der Waals surface area (Å²) < 4.78 is 7.29. The van der Waals surface area contributed by atoms with Crippen LogP contribution in [-0.2, 0) is 23.0 Å². The summed E-state index contributed by atoms with van der Waals surface area (Å²) in [5, 5.41) is 0. The first kappa shape index (κ1) is 20.0. The highest BCUT2D eigenvalue weighted by molar-refractivity contribution is 6.16. The van der Waals surface area contributed by atoms with Gasteiger partial charge in [0.2, 0.25) is 0 Å². The number of hydrogen-bond donors (Lipinski definition) is 0. The summed E-state index contributed by atoms with van der Waals surface area (Å²) in [4.78, 5) is 43.5. The largest absolute Gasteiger partial charge is 0.459 e. The maximum atomic E-state index is 13.4. The molecule has 1 aromatic carbocycles. The van der Waals surface area contributed by atoms with Crippen LogP contribution in [0, 0.1) is 11.3 Å². The Morgan fingerprint density at radius 2 is 1.96 bits per heavy atom. The lowest BCUT2D eigenvalue weighted by atomic mass is 9.70. The van der Waals surface area contributed by atoms with E-state index in [0.29, 0.717) is 11.4 Å². The Balaban J connectivity index is 1.98. The van der Waals surface area contributed by atoms with Crippen molar-refractivity contribution >= 4 is 17.5 Å².